The first-order chi connectivity index (χ1) is 6.24. The van der Waals surface area contributed by atoms with Gasteiger partial charge in [-0.05, 0) is 20.0 Å². The number of para-hydroxylation sites is 1. The van der Waals surface area contributed by atoms with Gasteiger partial charge in [0.1, 0.15) is 6.10 Å². The Hall–Kier alpha value is -1.09. The maximum absolute atomic E-state index is 13.2. The van der Waals surface area contributed by atoms with Gasteiger partial charge in [-0.1, -0.05) is 12.1 Å². The number of rotatable bonds is 1. The van der Waals surface area contributed by atoms with Gasteiger partial charge in [0, 0.05) is 5.56 Å². The second-order valence-electron chi connectivity index (χ2n) is 3.25. The van der Waals surface area contributed by atoms with Crippen LogP contribution >= 0.6 is 0 Å². The summed E-state index contributed by atoms with van der Waals surface area (Å²) in [6.45, 7) is 1.93. The van der Waals surface area contributed by atoms with Crippen LogP contribution in [0.5, 0.6) is 5.75 Å². The molecule has 2 rings (SSSR count). The van der Waals surface area contributed by atoms with Gasteiger partial charge in [-0.25, -0.2) is 4.39 Å². The van der Waals surface area contributed by atoms with E-state index in [9.17, 15) is 4.39 Å². The molecule has 13 heavy (non-hydrogen) atoms. The molecule has 1 aromatic carbocycles. The lowest BCUT2D eigenvalue weighted by molar-refractivity contribution is 0.208. The second kappa shape index (κ2) is 3.00. The molecule has 1 aliphatic heterocycles. The maximum Gasteiger partial charge on any atom is 0.165 e. The molecule has 1 aliphatic rings. The summed E-state index contributed by atoms with van der Waals surface area (Å²) in [5.41, 5.74) is 0.912. The number of nitrogens with one attached hydrogen (secondary N) is 1. The van der Waals surface area contributed by atoms with E-state index < -0.39 is 0 Å². The summed E-state index contributed by atoms with van der Waals surface area (Å²) >= 11 is 0. The third kappa shape index (κ3) is 1.20. The molecule has 2 atom stereocenters. The van der Waals surface area contributed by atoms with E-state index in [-0.39, 0.29) is 18.0 Å². The maximum atomic E-state index is 13.2. The summed E-state index contributed by atoms with van der Waals surface area (Å²) in [6, 6.07) is 5.12. The summed E-state index contributed by atoms with van der Waals surface area (Å²) in [5.74, 6) is 0.122. The average Bonchev–Trinajstić information content (AvgIpc) is 2.43. The van der Waals surface area contributed by atoms with Gasteiger partial charge in [0.2, 0.25) is 0 Å². The van der Waals surface area contributed by atoms with Crippen LogP contribution in [0, 0.1) is 5.82 Å². The van der Waals surface area contributed by atoms with Gasteiger partial charge < -0.3 is 10.1 Å². The highest BCUT2D eigenvalue weighted by molar-refractivity contribution is 5.41. The van der Waals surface area contributed by atoms with Crippen molar-refractivity contribution < 1.29 is 9.13 Å². The first-order valence-corrected chi connectivity index (χ1v) is 4.36. The Morgan fingerprint density at radius 3 is 2.92 bits per heavy atom. The molecule has 0 saturated heterocycles. The molecular formula is C10H12FNO. The first kappa shape index (κ1) is 8.51. The highest BCUT2D eigenvalue weighted by Gasteiger charge is 2.31. The molecule has 0 spiro atoms. The summed E-state index contributed by atoms with van der Waals surface area (Å²) in [6.07, 6.45) is -0.00287. The summed E-state index contributed by atoms with van der Waals surface area (Å²) in [7, 11) is 1.85. The molecule has 2 nitrogen and oxygen atoms in total. The fourth-order valence-electron chi connectivity index (χ4n) is 1.79. The summed E-state index contributed by atoms with van der Waals surface area (Å²) in [4.78, 5) is 0. The predicted octanol–water partition coefficient (Wildman–Crippen LogP) is 1.87. The van der Waals surface area contributed by atoms with E-state index in [1.807, 2.05) is 20.0 Å². The Labute approximate surface area is 76.7 Å². The van der Waals surface area contributed by atoms with Crippen molar-refractivity contribution in [2.45, 2.75) is 19.1 Å². The minimum absolute atomic E-state index is 0.00287. The largest absolute Gasteiger partial charge is 0.485 e. The number of fused-ring (bicyclic) bond motifs is 1. The molecule has 1 heterocycles. The zero-order valence-electron chi connectivity index (χ0n) is 7.67. The van der Waals surface area contributed by atoms with E-state index in [2.05, 4.69) is 5.32 Å². The molecule has 3 heteroatoms. The lowest BCUT2D eigenvalue weighted by atomic mass is 10.1. The smallest absolute Gasteiger partial charge is 0.165 e. The van der Waals surface area contributed by atoms with Crippen molar-refractivity contribution in [3.05, 3.63) is 29.6 Å². The van der Waals surface area contributed by atoms with Crippen molar-refractivity contribution in [1.29, 1.82) is 0 Å². The van der Waals surface area contributed by atoms with Crippen molar-refractivity contribution in [3.63, 3.8) is 0 Å². The van der Waals surface area contributed by atoms with Crippen LogP contribution in [-0.2, 0) is 0 Å². The molecule has 1 N–H and O–H groups in total. The molecule has 0 radical (unpaired) electrons. The van der Waals surface area contributed by atoms with E-state index in [4.69, 9.17) is 4.74 Å². The zero-order valence-corrected chi connectivity index (χ0v) is 7.67. The third-order valence-corrected chi connectivity index (χ3v) is 2.42. The number of hydrogen-bond donors (Lipinski definition) is 1. The van der Waals surface area contributed by atoms with Crippen molar-refractivity contribution in [1.82, 2.24) is 5.32 Å². The van der Waals surface area contributed by atoms with Gasteiger partial charge in [-0.3, -0.25) is 0 Å². The lowest BCUT2D eigenvalue weighted by Gasteiger charge is -2.12. The van der Waals surface area contributed by atoms with Crippen LogP contribution in [0.1, 0.15) is 18.5 Å². The Bertz CT molecular complexity index is 327. The van der Waals surface area contributed by atoms with Crippen LogP contribution in [0.2, 0.25) is 0 Å². The molecule has 0 amide bonds. The van der Waals surface area contributed by atoms with Gasteiger partial charge in [-0.15, -0.1) is 0 Å². The van der Waals surface area contributed by atoms with Crippen LogP contribution < -0.4 is 10.1 Å². The minimum atomic E-state index is -0.276. The van der Waals surface area contributed by atoms with E-state index >= 15 is 0 Å². The SMILES string of the molecule is CNC1c2cccc(F)c2OC1C. The fraction of sp³-hybridized carbons (Fsp3) is 0.400. The number of halogens is 1. The third-order valence-electron chi connectivity index (χ3n) is 2.42. The number of likely N-dealkylation sites (N-methyl/N-ethyl adjacent to an activating group) is 1. The highest BCUT2D eigenvalue weighted by atomic mass is 19.1. The highest BCUT2D eigenvalue weighted by Crippen LogP contribution is 2.37. The van der Waals surface area contributed by atoms with Crippen LogP contribution in [-0.4, -0.2) is 13.2 Å². The minimum Gasteiger partial charge on any atom is -0.485 e. The van der Waals surface area contributed by atoms with E-state index in [1.165, 1.54) is 6.07 Å². The van der Waals surface area contributed by atoms with Crippen molar-refractivity contribution in [3.8, 4) is 5.75 Å². The van der Waals surface area contributed by atoms with E-state index in [0.29, 0.717) is 5.75 Å². The van der Waals surface area contributed by atoms with Crippen LogP contribution in [0.25, 0.3) is 0 Å². The van der Waals surface area contributed by atoms with Gasteiger partial charge in [0.15, 0.2) is 11.6 Å². The first-order valence-electron chi connectivity index (χ1n) is 4.36. The van der Waals surface area contributed by atoms with Crippen LogP contribution in [0.3, 0.4) is 0 Å². The predicted molar refractivity (Wildman–Crippen MR) is 48.3 cm³/mol. The quantitative estimate of drug-likeness (QED) is 0.714. The van der Waals surface area contributed by atoms with Crippen LogP contribution in [0.4, 0.5) is 4.39 Å². The monoisotopic (exact) mass is 181 g/mol. The fourth-order valence-corrected chi connectivity index (χ4v) is 1.79. The van der Waals surface area contributed by atoms with Crippen molar-refractivity contribution in [2.75, 3.05) is 7.05 Å². The van der Waals surface area contributed by atoms with Gasteiger partial charge >= 0.3 is 0 Å². The van der Waals surface area contributed by atoms with Gasteiger partial charge in [0.05, 0.1) is 6.04 Å². The van der Waals surface area contributed by atoms with Crippen molar-refractivity contribution in [2.24, 2.45) is 0 Å². The molecule has 0 aliphatic carbocycles. The van der Waals surface area contributed by atoms with Crippen LogP contribution in [0.15, 0.2) is 18.2 Å². The topological polar surface area (TPSA) is 21.3 Å². The standard InChI is InChI=1S/C10H12FNO/c1-6-9(12-2)7-4-3-5-8(11)10(7)13-6/h3-6,9,12H,1-2H3. The molecule has 70 valence electrons. The number of hydrogen-bond acceptors (Lipinski definition) is 2. The molecule has 2 unspecified atom stereocenters. The lowest BCUT2D eigenvalue weighted by Crippen LogP contribution is -2.25. The Morgan fingerprint density at radius 1 is 1.46 bits per heavy atom. The Kier molecular flexibility index (Phi) is 1.96. The van der Waals surface area contributed by atoms with Gasteiger partial charge in [0.25, 0.3) is 0 Å². The number of benzene rings is 1. The molecule has 0 fully saturated rings. The Balaban J connectivity index is 2.48. The van der Waals surface area contributed by atoms with E-state index in [0.717, 1.165) is 5.56 Å². The normalized spacial score (nSPS) is 25.5. The zero-order chi connectivity index (χ0) is 9.42. The number of ether oxygens (including phenoxy) is 1. The molecule has 1 aromatic rings. The Morgan fingerprint density at radius 2 is 2.23 bits per heavy atom. The average molecular weight is 181 g/mol. The van der Waals surface area contributed by atoms with Crippen molar-refractivity contribution >= 4 is 0 Å². The molecule has 0 bridgehead atoms. The molecule has 0 aromatic heterocycles. The second-order valence-corrected chi connectivity index (χ2v) is 3.25. The van der Waals surface area contributed by atoms with E-state index in [1.54, 1.807) is 6.07 Å². The summed E-state index contributed by atoms with van der Waals surface area (Å²) in [5, 5.41) is 3.11. The summed E-state index contributed by atoms with van der Waals surface area (Å²) < 4.78 is 18.6. The molecular weight excluding hydrogens is 169 g/mol. The van der Waals surface area contributed by atoms with Gasteiger partial charge in [-0.2, -0.15) is 0 Å². The molecule has 0 saturated carbocycles.